The zero-order chi connectivity index (χ0) is 9.23. The monoisotopic (exact) mass is 178 g/mol. The number of carboxylic acid groups (broad SMARTS) is 1. The summed E-state index contributed by atoms with van der Waals surface area (Å²) in [4.78, 5) is 9.84. The highest BCUT2D eigenvalue weighted by atomic mass is 16.7. The molecule has 0 aliphatic heterocycles. The summed E-state index contributed by atoms with van der Waals surface area (Å²) in [5.74, 6) is 0. The highest BCUT2D eigenvalue weighted by Gasteiger charge is 1.94. The first-order valence-corrected chi connectivity index (χ1v) is 3.81. The predicted molar refractivity (Wildman–Crippen MR) is 41.1 cm³/mol. The number of hydrogen-bond acceptors (Lipinski definition) is 4. The van der Waals surface area contributed by atoms with Crippen molar-refractivity contribution >= 4 is 6.16 Å². The average molecular weight is 178 g/mol. The fourth-order valence-electron chi connectivity index (χ4n) is 0.589. The van der Waals surface area contributed by atoms with Crippen molar-refractivity contribution in [3.63, 3.8) is 0 Å². The van der Waals surface area contributed by atoms with E-state index in [1.165, 1.54) is 0 Å². The molecule has 0 bridgehead atoms. The standard InChI is InChI=1S/C7H14O5/c8-3-1-4-11-5-2-6-12-7(9)10/h8H,1-6H2,(H,9,10). The first kappa shape index (κ1) is 11.2. The molecular weight excluding hydrogens is 164 g/mol. The SMILES string of the molecule is O=C(O)OCCCOCCCO. The van der Waals surface area contributed by atoms with Gasteiger partial charge in [-0.15, -0.1) is 0 Å². The lowest BCUT2D eigenvalue weighted by molar-refractivity contribution is 0.0692. The van der Waals surface area contributed by atoms with Crippen LogP contribution < -0.4 is 0 Å². The van der Waals surface area contributed by atoms with Gasteiger partial charge in [-0.1, -0.05) is 0 Å². The maximum Gasteiger partial charge on any atom is 0.505 e. The van der Waals surface area contributed by atoms with Crippen molar-refractivity contribution in [2.45, 2.75) is 12.8 Å². The van der Waals surface area contributed by atoms with Crippen molar-refractivity contribution in [3.8, 4) is 0 Å². The van der Waals surface area contributed by atoms with Crippen LogP contribution in [0.3, 0.4) is 0 Å². The number of aliphatic hydroxyl groups excluding tert-OH is 1. The van der Waals surface area contributed by atoms with Crippen LogP contribution in [0.4, 0.5) is 4.79 Å². The molecule has 0 rings (SSSR count). The number of carbonyl (C=O) groups is 1. The maximum atomic E-state index is 9.84. The van der Waals surface area contributed by atoms with Crippen LogP contribution in [-0.4, -0.2) is 42.8 Å². The third-order valence-corrected chi connectivity index (χ3v) is 1.11. The van der Waals surface area contributed by atoms with E-state index in [0.29, 0.717) is 26.1 Å². The van der Waals surface area contributed by atoms with Gasteiger partial charge in [-0.25, -0.2) is 4.79 Å². The molecule has 72 valence electrons. The highest BCUT2D eigenvalue weighted by Crippen LogP contribution is 1.87. The molecule has 0 spiro atoms. The Balaban J connectivity index is 2.86. The van der Waals surface area contributed by atoms with E-state index in [0.717, 1.165) is 0 Å². The fraction of sp³-hybridized carbons (Fsp3) is 0.857. The molecule has 2 N–H and O–H groups in total. The molecule has 0 amide bonds. The summed E-state index contributed by atoms with van der Waals surface area (Å²) < 4.78 is 9.26. The van der Waals surface area contributed by atoms with E-state index in [1.807, 2.05) is 0 Å². The fourth-order valence-corrected chi connectivity index (χ4v) is 0.589. The van der Waals surface area contributed by atoms with Crippen molar-refractivity contribution in [1.82, 2.24) is 0 Å². The normalized spacial score (nSPS) is 9.75. The Morgan fingerprint density at radius 1 is 1.17 bits per heavy atom. The number of ether oxygens (including phenoxy) is 2. The molecule has 0 aromatic rings. The van der Waals surface area contributed by atoms with E-state index < -0.39 is 6.16 Å². The molecule has 0 aromatic carbocycles. The van der Waals surface area contributed by atoms with Gasteiger partial charge in [0.05, 0.1) is 6.61 Å². The summed E-state index contributed by atoms with van der Waals surface area (Å²) in [7, 11) is 0. The van der Waals surface area contributed by atoms with Gasteiger partial charge in [0.2, 0.25) is 0 Å². The predicted octanol–water partition coefficient (Wildman–Crippen LogP) is 0.470. The highest BCUT2D eigenvalue weighted by molar-refractivity contribution is 5.56. The third kappa shape index (κ3) is 9.19. The smallest absolute Gasteiger partial charge is 0.450 e. The van der Waals surface area contributed by atoms with E-state index in [9.17, 15) is 4.79 Å². The van der Waals surface area contributed by atoms with E-state index >= 15 is 0 Å². The lowest BCUT2D eigenvalue weighted by Gasteiger charge is -2.02. The Hall–Kier alpha value is -0.810. The number of hydrogen-bond donors (Lipinski definition) is 2. The maximum absolute atomic E-state index is 9.84. The van der Waals surface area contributed by atoms with Crippen LogP contribution in [0.1, 0.15) is 12.8 Å². The molecule has 0 atom stereocenters. The first-order chi connectivity index (χ1) is 5.77. The van der Waals surface area contributed by atoms with Gasteiger partial charge in [-0.2, -0.15) is 0 Å². The van der Waals surface area contributed by atoms with Gasteiger partial charge in [0.1, 0.15) is 0 Å². The molecule has 0 radical (unpaired) electrons. The van der Waals surface area contributed by atoms with Crippen LogP contribution in [-0.2, 0) is 9.47 Å². The molecule has 0 fully saturated rings. The quantitative estimate of drug-likeness (QED) is 0.437. The summed E-state index contributed by atoms with van der Waals surface area (Å²) in [5.41, 5.74) is 0. The zero-order valence-corrected chi connectivity index (χ0v) is 6.86. The molecule has 0 saturated heterocycles. The summed E-state index contributed by atoms with van der Waals surface area (Å²) in [5, 5.41) is 16.4. The molecule has 5 nitrogen and oxygen atoms in total. The van der Waals surface area contributed by atoms with E-state index in [-0.39, 0.29) is 13.2 Å². The third-order valence-electron chi connectivity index (χ3n) is 1.11. The Morgan fingerprint density at radius 2 is 1.83 bits per heavy atom. The van der Waals surface area contributed by atoms with Gasteiger partial charge in [0.15, 0.2) is 0 Å². The minimum Gasteiger partial charge on any atom is -0.450 e. The Bertz CT molecular complexity index is 114. The molecule has 0 aliphatic rings. The molecular formula is C7H14O5. The van der Waals surface area contributed by atoms with Crippen LogP contribution in [0.15, 0.2) is 0 Å². The van der Waals surface area contributed by atoms with Gasteiger partial charge in [0.25, 0.3) is 0 Å². The molecule has 5 heteroatoms. The van der Waals surface area contributed by atoms with Gasteiger partial charge in [-0.05, 0) is 6.42 Å². The van der Waals surface area contributed by atoms with Gasteiger partial charge >= 0.3 is 6.16 Å². The topological polar surface area (TPSA) is 76.0 Å². The lowest BCUT2D eigenvalue weighted by Crippen LogP contribution is -2.06. The summed E-state index contributed by atoms with van der Waals surface area (Å²) in [6.45, 7) is 1.25. The van der Waals surface area contributed by atoms with Crippen LogP contribution in [0.25, 0.3) is 0 Å². The van der Waals surface area contributed by atoms with Crippen LogP contribution in [0.2, 0.25) is 0 Å². The average Bonchev–Trinajstić information content (AvgIpc) is 2.02. The molecule has 12 heavy (non-hydrogen) atoms. The molecule has 0 aliphatic carbocycles. The van der Waals surface area contributed by atoms with Crippen molar-refractivity contribution in [2.75, 3.05) is 26.4 Å². The number of aliphatic hydroxyl groups is 1. The number of rotatable bonds is 7. The molecule has 0 aromatic heterocycles. The van der Waals surface area contributed by atoms with Crippen molar-refractivity contribution in [3.05, 3.63) is 0 Å². The Kier molecular flexibility index (Phi) is 7.73. The summed E-state index contributed by atoms with van der Waals surface area (Å²) in [6.07, 6.45) is -0.0947. The van der Waals surface area contributed by atoms with Gasteiger partial charge < -0.3 is 19.7 Å². The van der Waals surface area contributed by atoms with Crippen LogP contribution in [0.5, 0.6) is 0 Å². The lowest BCUT2D eigenvalue weighted by atomic mass is 10.4. The minimum absolute atomic E-state index is 0.117. The molecule has 0 heterocycles. The van der Waals surface area contributed by atoms with Gasteiger partial charge in [0, 0.05) is 26.2 Å². The molecule has 0 unspecified atom stereocenters. The zero-order valence-electron chi connectivity index (χ0n) is 6.86. The summed E-state index contributed by atoms with van der Waals surface area (Å²) in [6, 6.07) is 0. The molecule has 0 saturated carbocycles. The second-order valence-corrected chi connectivity index (χ2v) is 2.16. The van der Waals surface area contributed by atoms with E-state index in [2.05, 4.69) is 4.74 Å². The first-order valence-electron chi connectivity index (χ1n) is 3.81. The van der Waals surface area contributed by atoms with E-state index in [4.69, 9.17) is 14.9 Å². The van der Waals surface area contributed by atoms with Gasteiger partial charge in [-0.3, -0.25) is 0 Å². The second kappa shape index (κ2) is 8.29. The largest absolute Gasteiger partial charge is 0.505 e. The Morgan fingerprint density at radius 3 is 2.42 bits per heavy atom. The second-order valence-electron chi connectivity index (χ2n) is 2.16. The summed E-state index contributed by atoms with van der Waals surface area (Å²) >= 11 is 0. The Labute approximate surface area is 70.9 Å². The van der Waals surface area contributed by atoms with Crippen LogP contribution >= 0.6 is 0 Å². The van der Waals surface area contributed by atoms with E-state index in [1.54, 1.807) is 0 Å². The van der Waals surface area contributed by atoms with Crippen molar-refractivity contribution in [2.24, 2.45) is 0 Å². The van der Waals surface area contributed by atoms with Crippen molar-refractivity contribution < 1.29 is 24.5 Å². The van der Waals surface area contributed by atoms with Crippen molar-refractivity contribution in [1.29, 1.82) is 0 Å². The van der Waals surface area contributed by atoms with Crippen LogP contribution in [0, 0.1) is 0 Å². The minimum atomic E-state index is -1.26.